The van der Waals surface area contributed by atoms with E-state index in [4.69, 9.17) is 0 Å². The molecular formula is C21H29N3O4S. The second-order valence-electron chi connectivity index (χ2n) is 7.85. The van der Waals surface area contributed by atoms with Crippen molar-refractivity contribution in [2.45, 2.75) is 69.4 Å². The van der Waals surface area contributed by atoms with Crippen LogP contribution in [0.1, 0.15) is 62.7 Å². The Balaban J connectivity index is 2.04. The molecule has 158 valence electrons. The van der Waals surface area contributed by atoms with Crippen molar-refractivity contribution in [3.8, 4) is 0 Å². The van der Waals surface area contributed by atoms with Crippen LogP contribution < -0.4 is 10.9 Å². The van der Waals surface area contributed by atoms with Crippen LogP contribution in [0.4, 0.5) is 0 Å². The molecule has 0 spiro atoms. The number of nitrogens with one attached hydrogen (secondary N) is 2. The van der Waals surface area contributed by atoms with E-state index in [1.54, 1.807) is 13.1 Å². The Morgan fingerprint density at radius 3 is 2.59 bits per heavy atom. The molecule has 0 aliphatic heterocycles. The molecule has 1 amide bonds. The summed E-state index contributed by atoms with van der Waals surface area (Å²) in [5.41, 5.74) is 0.217. The molecule has 29 heavy (non-hydrogen) atoms. The Morgan fingerprint density at radius 1 is 1.24 bits per heavy atom. The van der Waals surface area contributed by atoms with Gasteiger partial charge in [-0.15, -0.1) is 0 Å². The van der Waals surface area contributed by atoms with Crippen LogP contribution >= 0.6 is 0 Å². The fraction of sp³-hybridized carbons (Fsp3) is 0.524. The van der Waals surface area contributed by atoms with Crippen LogP contribution in [0, 0.1) is 0 Å². The number of sulfonamides is 1. The SMILES string of the molecule is CCC(C)NC(=O)c1cc(=O)[nH]c2ccc(S(=O)(=O)N(C)C3CCCCC3)cc12. The third-order valence-corrected chi connectivity index (χ3v) is 7.72. The number of benzene rings is 1. The second kappa shape index (κ2) is 8.67. The zero-order valence-corrected chi connectivity index (χ0v) is 18.0. The molecule has 0 bridgehead atoms. The summed E-state index contributed by atoms with van der Waals surface area (Å²) in [5, 5.41) is 3.27. The lowest BCUT2D eigenvalue weighted by molar-refractivity contribution is 0.0940. The standard InChI is InChI=1S/C21H29N3O4S/c1-4-14(2)22-21(26)18-13-20(25)23-19-11-10-16(12-17(18)19)29(27,28)24(3)15-8-6-5-7-9-15/h10-15H,4-9H2,1-3H3,(H,22,26)(H,23,25). The maximum atomic E-state index is 13.2. The lowest BCUT2D eigenvalue weighted by Crippen LogP contribution is -2.38. The van der Waals surface area contributed by atoms with E-state index in [0.29, 0.717) is 10.9 Å². The van der Waals surface area contributed by atoms with Crippen molar-refractivity contribution in [2.75, 3.05) is 7.05 Å². The number of aromatic amines is 1. The minimum Gasteiger partial charge on any atom is -0.350 e. The van der Waals surface area contributed by atoms with Gasteiger partial charge in [-0.3, -0.25) is 9.59 Å². The molecule has 0 radical (unpaired) electrons. The molecule has 3 rings (SSSR count). The molecule has 1 aromatic carbocycles. The van der Waals surface area contributed by atoms with Crippen molar-refractivity contribution in [1.29, 1.82) is 0 Å². The van der Waals surface area contributed by atoms with Crippen molar-refractivity contribution >= 4 is 26.8 Å². The fourth-order valence-corrected chi connectivity index (χ4v) is 5.23. The van der Waals surface area contributed by atoms with Crippen LogP contribution in [0.25, 0.3) is 10.9 Å². The Hall–Kier alpha value is -2.19. The van der Waals surface area contributed by atoms with E-state index in [9.17, 15) is 18.0 Å². The number of amides is 1. The summed E-state index contributed by atoms with van der Waals surface area (Å²) in [6.07, 6.45) is 5.67. The molecular weight excluding hydrogens is 390 g/mol. The third-order valence-electron chi connectivity index (χ3n) is 5.81. The zero-order valence-electron chi connectivity index (χ0n) is 17.2. The van der Waals surface area contributed by atoms with E-state index in [2.05, 4.69) is 10.3 Å². The van der Waals surface area contributed by atoms with Crippen LogP contribution in [-0.2, 0) is 10.0 Å². The molecule has 1 unspecified atom stereocenters. The number of hydrogen-bond acceptors (Lipinski definition) is 4. The van der Waals surface area contributed by atoms with Gasteiger partial charge in [0.15, 0.2) is 0 Å². The molecule has 1 saturated carbocycles. The first-order valence-corrected chi connectivity index (χ1v) is 11.6. The van der Waals surface area contributed by atoms with Crippen LogP contribution in [0.2, 0.25) is 0 Å². The maximum Gasteiger partial charge on any atom is 0.252 e. The van der Waals surface area contributed by atoms with Gasteiger partial charge in [-0.2, -0.15) is 4.31 Å². The maximum absolute atomic E-state index is 13.2. The van der Waals surface area contributed by atoms with Gasteiger partial charge in [0.25, 0.3) is 5.91 Å². The summed E-state index contributed by atoms with van der Waals surface area (Å²) in [4.78, 5) is 27.5. The van der Waals surface area contributed by atoms with E-state index >= 15 is 0 Å². The van der Waals surface area contributed by atoms with Crippen LogP contribution in [-0.4, -0.2) is 42.7 Å². The molecule has 2 N–H and O–H groups in total. The van der Waals surface area contributed by atoms with Gasteiger partial charge in [-0.1, -0.05) is 26.2 Å². The molecule has 2 aromatic rings. The minimum absolute atomic E-state index is 0.00630. The van der Waals surface area contributed by atoms with Crippen LogP contribution in [0.3, 0.4) is 0 Å². The Kier molecular flexibility index (Phi) is 6.43. The summed E-state index contributed by atoms with van der Waals surface area (Å²) in [7, 11) is -2.08. The number of fused-ring (bicyclic) bond motifs is 1. The summed E-state index contributed by atoms with van der Waals surface area (Å²) in [6.45, 7) is 3.83. The minimum atomic E-state index is -3.70. The Morgan fingerprint density at radius 2 is 1.93 bits per heavy atom. The van der Waals surface area contributed by atoms with Crippen LogP contribution in [0.15, 0.2) is 34.0 Å². The lowest BCUT2D eigenvalue weighted by atomic mass is 9.96. The van der Waals surface area contributed by atoms with E-state index in [0.717, 1.165) is 38.5 Å². The molecule has 1 aromatic heterocycles. The summed E-state index contributed by atoms with van der Waals surface area (Å²) >= 11 is 0. The fourth-order valence-electron chi connectivity index (χ4n) is 3.79. The first-order chi connectivity index (χ1) is 13.7. The summed E-state index contributed by atoms with van der Waals surface area (Å²) < 4.78 is 27.9. The Labute approximate surface area is 171 Å². The summed E-state index contributed by atoms with van der Waals surface area (Å²) in [6, 6.07) is 5.70. The highest BCUT2D eigenvalue weighted by Crippen LogP contribution is 2.28. The van der Waals surface area contributed by atoms with Gasteiger partial charge < -0.3 is 10.3 Å². The number of carbonyl (C=O) groups is 1. The van der Waals surface area contributed by atoms with Crippen molar-refractivity contribution in [1.82, 2.24) is 14.6 Å². The number of nitrogens with zero attached hydrogens (tertiary/aromatic N) is 1. The summed E-state index contributed by atoms with van der Waals surface area (Å²) in [5.74, 6) is -0.384. The molecule has 0 saturated heterocycles. The van der Waals surface area contributed by atoms with Gasteiger partial charge in [0.2, 0.25) is 15.6 Å². The van der Waals surface area contributed by atoms with E-state index in [1.807, 2.05) is 13.8 Å². The van der Waals surface area contributed by atoms with Crippen molar-refractivity contribution in [2.24, 2.45) is 0 Å². The molecule has 1 fully saturated rings. The normalized spacial score (nSPS) is 16.8. The van der Waals surface area contributed by atoms with Gasteiger partial charge in [0, 0.05) is 36.1 Å². The molecule has 1 aliphatic carbocycles. The Bertz CT molecular complexity index is 1060. The van der Waals surface area contributed by atoms with Gasteiger partial charge in [-0.05, 0) is 44.4 Å². The zero-order chi connectivity index (χ0) is 21.2. The molecule has 1 atom stereocenters. The quantitative estimate of drug-likeness (QED) is 0.752. The van der Waals surface area contributed by atoms with Gasteiger partial charge in [-0.25, -0.2) is 8.42 Å². The number of rotatable bonds is 6. The first-order valence-electron chi connectivity index (χ1n) is 10.2. The smallest absolute Gasteiger partial charge is 0.252 e. The van der Waals surface area contributed by atoms with Crippen LogP contribution in [0.5, 0.6) is 0 Å². The number of aromatic nitrogens is 1. The predicted molar refractivity (Wildman–Crippen MR) is 114 cm³/mol. The number of pyridine rings is 1. The average molecular weight is 420 g/mol. The number of carbonyl (C=O) groups excluding carboxylic acids is 1. The van der Waals surface area contributed by atoms with Gasteiger partial charge in [0.05, 0.1) is 10.5 Å². The van der Waals surface area contributed by atoms with E-state index in [-0.39, 0.29) is 28.4 Å². The van der Waals surface area contributed by atoms with Crippen molar-refractivity contribution in [3.05, 3.63) is 40.2 Å². The van der Waals surface area contributed by atoms with E-state index in [1.165, 1.54) is 22.5 Å². The van der Waals surface area contributed by atoms with E-state index < -0.39 is 15.6 Å². The molecule has 1 heterocycles. The predicted octanol–water partition coefficient (Wildman–Crippen LogP) is 3.01. The topological polar surface area (TPSA) is 99.3 Å². The number of H-pyrrole nitrogens is 1. The monoisotopic (exact) mass is 419 g/mol. The first kappa shape index (κ1) is 21.5. The largest absolute Gasteiger partial charge is 0.350 e. The lowest BCUT2D eigenvalue weighted by Gasteiger charge is -2.30. The molecule has 8 heteroatoms. The van der Waals surface area contributed by atoms with Crippen molar-refractivity contribution in [3.63, 3.8) is 0 Å². The molecule has 1 aliphatic rings. The molecule has 7 nitrogen and oxygen atoms in total. The van der Waals surface area contributed by atoms with Crippen molar-refractivity contribution < 1.29 is 13.2 Å². The second-order valence-corrected chi connectivity index (χ2v) is 9.85. The highest BCUT2D eigenvalue weighted by atomic mass is 32.2. The highest BCUT2D eigenvalue weighted by molar-refractivity contribution is 7.89. The number of hydrogen-bond donors (Lipinski definition) is 2. The third kappa shape index (κ3) is 4.53. The highest BCUT2D eigenvalue weighted by Gasteiger charge is 2.29. The van der Waals surface area contributed by atoms with Gasteiger partial charge >= 0.3 is 0 Å². The average Bonchev–Trinajstić information content (AvgIpc) is 2.72. The van der Waals surface area contributed by atoms with Gasteiger partial charge in [0.1, 0.15) is 0 Å².